The van der Waals surface area contributed by atoms with E-state index in [2.05, 4.69) is 6.58 Å². The summed E-state index contributed by atoms with van der Waals surface area (Å²) in [6.45, 7) is 8.18. The average molecular weight is 188 g/mol. The Balaban J connectivity index is 3.97. The standard InChI is InChI=1S/C10H20O3/c1-5-10(4,13)7-6-8(11)9(2,3)12/h5,8,11-13H,1,6-7H2,2-4H3. The van der Waals surface area contributed by atoms with E-state index >= 15 is 0 Å². The molecule has 0 saturated heterocycles. The third kappa shape index (κ3) is 5.03. The fourth-order valence-electron chi connectivity index (χ4n) is 0.884. The fourth-order valence-corrected chi connectivity index (χ4v) is 0.884. The molecule has 0 spiro atoms. The van der Waals surface area contributed by atoms with E-state index in [0.717, 1.165) is 0 Å². The maximum Gasteiger partial charge on any atom is 0.0849 e. The molecule has 0 saturated carbocycles. The lowest BCUT2D eigenvalue weighted by molar-refractivity contribution is -0.0591. The minimum absolute atomic E-state index is 0.350. The topological polar surface area (TPSA) is 60.7 Å². The molecule has 0 aromatic heterocycles. The first-order chi connectivity index (χ1) is 5.69. The van der Waals surface area contributed by atoms with E-state index in [4.69, 9.17) is 0 Å². The van der Waals surface area contributed by atoms with Crippen LogP contribution in [0.5, 0.6) is 0 Å². The van der Waals surface area contributed by atoms with E-state index in [-0.39, 0.29) is 0 Å². The first-order valence-electron chi connectivity index (χ1n) is 4.45. The van der Waals surface area contributed by atoms with Gasteiger partial charge in [0, 0.05) is 0 Å². The zero-order chi connectivity index (χ0) is 10.7. The van der Waals surface area contributed by atoms with Gasteiger partial charge in [0.05, 0.1) is 17.3 Å². The highest BCUT2D eigenvalue weighted by Crippen LogP contribution is 2.19. The molecule has 2 unspecified atom stereocenters. The lowest BCUT2D eigenvalue weighted by Crippen LogP contribution is -2.37. The van der Waals surface area contributed by atoms with Gasteiger partial charge in [0.15, 0.2) is 0 Å². The lowest BCUT2D eigenvalue weighted by atomic mass is 9.92. The number of hydrogen-bond acceptors (Lipinski definition) is 3. The predicted octanol–water partition coefficient (Wildman–Crippen LogP) is 0.835. The molecule has 3 heteroatoms. The molecule has 0 aliphatic carbocycles. The van der Waals surface area contributed by atoms with Gasteiger partial charge >= 0.3 is 0 Å². The van der Waals surface area contributed by atoms with Gasteiger partial charge in [-0.15, -0.1) is 6.58 Å². The van der Waals surface area contributed by atoms with E-state index in [0.29, 0.717) is 12.8 Å². The molecule has 0 aliphatic heterocycles. The second-order valence-electron chi connectivity index (χ2n) is 4.27. The fraction of sp³-hybridized carbons (Fsp3) is 0.800. The highest BCUT2D eigenvalue weighted by molar-refractivity contribution is 4.92. The van der Waals surface area contributed by atoms with Crippen molar-refractivity contribution in [1.29, 1.82) is 0 Å². The highest BCUT2D eigenvalue weighted by atomic mass is 16.3. The van der Waals surface area contributed by atoms with Crippen LogP contribution in [0.15, 0.2) is 12.7 Å². The molecule has 0 amide bonds. The minimum atomic E-state index is -1.11. The number of aliphatic hydroxyl groups excluding tert-OH is 1. The largest absolute Gasteiger partial charge is 0.390 e. The molecule has 3 nitrogen and oxygen atoms in total. The third-order valence-electron chi connectivity index (χ3n) is 2.18. The van der Waals surface area contributed by atoms with Crippen LogP contribution in [-0.2, 0) is 0 Å². The van der Waals surface area contributed by atoms with Crippen LogP contribution < -0.4 is 0 Å². The molecule has 0 aromatic rings. The van der Waals surface area contributed by atoms with E-state index in [1.54, 1.807) is 20.8 Å². The molecule has 0 aliphatic rings. The molecule has 3 N–H and O–H groups in total. The van der Waals surface area contributed by atoms with Crippen molar-refractivity contribution >= 4 is 0 Å². The van der Waals surface area contributed by atoms with Crippen LogP contribution >= 0.6 is 0 Å². The van der Waals surface area contributed by atoms with Crippen molar-refractivity contribution in [2.45, 2.75) is 50.9 Å². The number of aliphatic hydroxyl groups is 3. The molecular formula is C10H20O3. The maximum atomic E-state index is 9.53. The Morgan fingerprint density at radius 2 is 1.77 bits per heavy atom. The SMILES string of the molecule is C=CC(C)(O)CCC(O)C(C)(C)O. The van der Waals surface area contributed by atoms with Gasteiger partial charge < -0.3 is 15.3 Å². The maximum absolute atomic E-state index is 9.53. The Kier molecular flexibility index (Phi) is 4.10. The normalized spacial score (nSPS) is 19.2. The quantitative estimate of drug-likeness (QED) is 0.560. The molecule has 0 bridgehead atoms. The van der Waals surface area contributed by atoms with Crippen molar-refractivity contribution in [2.24, 2.45) is 0 Å². The summed E-state index contributed by atoms with van der Waals surface area (Å²) in [5.74, 6) is 0. The summed E-state index contributed by atoms with van der Waals surface area (Å²) in [7, 11) is 0. The Labute approximate surface area is 79.7 Å². The van der Waals surface area contributed by atoms with Crippen LogP contribution in [-0.4, -0.2) is 32.6 Å². The van der Waals surface area contributed by atoms with Gasteiger partial charge in [-0.3, -0.25) is 0 Å². The van der Waals surface area contributed by atoms with E-state index < -0.39 is 17.3 Å². The van der Waals surface area contributed by atoms with Crippen LogP contribution in [0, 0.1) is 0 Å². The van der Waals surface area contributed by atoms with Crippen molar-refractivity contribution < 1.29 is 15.3 Å². The first-order valence-corrected chi connectivity index (χ1v) is 4.45. The molecule has 0 fully saturated rings. The highest BCUT2D eigenvalue weighted by Gasteiger charge is 2.26. The van der Waals surface area contributed by atoms with Crippen LogP contribution in [0.3, 0.4) is 0 Å². The summed E-state index contributed by atoms with van der Waals surface area (Å²) in [5, 5.41) is 28.4. The molecule has 0 heterocycles. The zero-order valence-electron chi connectivity index (χ0n) is 8.62. The molecule has 0 radical (unpaired) electrons. The van der Waals surface area contributed by atoms with Crippen molar-refractivity contribution in [3.63, 3.8) is 0 Å². The number of hydrogen-bond donors (Lipinski definition) is 3. The van der Waals surface area contributed by atoms with Gasteiger partial charge in [-0.25, -0.2) is 0 Å². The summed E-state index contributed by atoms with van der Waals surface area (Å²) >= 11 is 0. The van der Waals surface area contributed by atoms with Gasteiger partial charge in [0.25, 0.3) is 0 Å². The Hall–Kier alpha value is -0.380. The lowest BCUT2D eigenvalue weighted by Gasteiger charge is -2.27. The van der Waals surface area contributed by atoms with E-state index in [9.17, 15) is 15.3 Å². The second kappa shape index (κ2) is 4.22. The van der Waals surface area contributed by atoms with Gasteiger partial charge in [0.2, 0.25) is 0 Å². The van der Waals surface area contributed by atoms with Gasteiger partial charge in [0.1, 0.15) is 0 Å². The van der Waals surface area contributed by atoms with Crippen molar-refractivity contribution in [1.82, 2.24) is 0 Å². The summed E-state index contributed by atoms with van der Waals surface area (Å²) < 4.78 is 0. The summed E-state index contributed by atoms with van der Waals surface area (Å²) in [5.41, 5.74) is -2.08. The van der Waals surface area contributed by atoms with Crippen LogP contribution in [0.4, 0.5) is 0 Å². The Morgan fingerprint density at radius 1 is 1.31 bits per heavy atom. The van der Waals surface area contributed by atoms with Crippen molar-refractivity contribution in [3.8, 4) is 0 Å². The van der Waals surface area contributed by atoms with Crippen LogP contribution in [0.25, 0.3) is 0 Å². The molecular weight excluding hydrogens is 168 g/mol. The summed E-state index contributed by atoms with van der Waals surface area (Å²) in [4.78, 5) is 0. The van der Waals surface area contributed by atoms with Crippen molar-refractivity contribution in [2.75, 3.05) is 0 Å². The molecule has 0 rings (SSSR count). The Bertz CT molecular complexity index is 167. The smallest absolute Gasteiger partial charge is 0.0849 e. The molecule has 13 heavy (non-hydrogen) atoms. The third-order valence-corrected chi connectivity index (χ3v) is 2.18. The van der Waals surface area contributed by atoms with E-state index in [1.165, 1.54) is 6.08 Å². The van der Waals surface area contributed by atoms with Crippen LogP contribution in [0.2, 0.25) is 0 Å². The average Bonchev–Trinajstić information content (AvgIpc) is 1.98. The van der Waals surface area contributed by atoms with Gasteiger partial charge in [-0.2, -0.15) is 0 Å². The zero-order valence-corrected chi connectivity index (χ0v) is 8.62. The van der Waals surface area contributed by atoms with Crippen molar-refractivity contribution in [3.05, 3.63) is 12.7 Å². The van der Waals surface area contributed by atoms with Gasteiger partial charge in [-0.1, -0.05) is 6.08 Å². The monoisotopic (exact) mass is 188 g/mol. The molecule has 2 atom stereocenters. The molecule has 0 aromatic carbocycles. The summed E-state index contributed by atoms with van der Waals surface area (Å²) in [6.07, 6.45) is 1.35. The second-order valence-corrected chi connectivity index (χ2v) is 4.27. The Morgan fingerprint density at radius 3 is 2.08 bits per heavy atom. The summed E-state index contributed by atoms with van der Waals surface area (Å²) in [6, 6.07) is 0. The predicted molar refractivity (Wildman–Crippen MR) is 52.4 cm³/mol. The minimum Gasteiger partial charge on any atom is -0.390 e. The van der Waals surface area contributed by atoms with E-state index in [1.807, 2.05) is 0 Å². The van der Waals surface area contributed by atoms with Gasteiger partial charge in [-0.05, 0) is 33.6 Å². The van der Waals surface area contributed by atoms with Crippen LogP contribution in [0.1, 0.15) is 33.6 Å². The first kappa shape index (κ1) is 12.6. The number of rotatable bonds is 5. The molecule has 78 valence electrons.